The number of carbonyl (C=O) groups is 3. The summed E-state index contributed by atoms with van der Waals surface area (Å²) in [7, 11) is 1.81. The Morgan fingerprint density at radius 3 is 2.67 bits per heavy atom. The number of aryl methyl sites for hydroxylation is 1. The van der Waals surface area contributed by atoms with Crippen LogP contribution in [-0.4, -0.2) is 63.0 Å². The van der Waals surface area contributed by atoms with Crippen LogP contribution >= 0.6 is 0 Å². The number of nitrogens with one attached hydrogen (secondary N) is 1. The zero-order chi connectivity index (χ0) is 23.1. The molecule has 1 saturated carbocycles. The number of likely N-dealkylation sites (tertiary alicyclic amines) is 1. The van der Waals surface area contributed by atoms with Crippen molar-refractivity contribution >= 4 is 17.7 Å². The fourth-order valence-electron chi connectivity index (χ4n) is 4.81. The lowest BCUT2D eigenvalue weighted by Crippen LogP contribution is -2.46. The monoisotopic (exact) mass is 453 g/mol. The average molecular weight is 454 g/mol. The second kappa shape index (κ2) is 8.61. The summed E-state index contributed by atoms with van der Waals surface area (Å²) in [4.78, 5) is 42.3. The summed E-state index contributed by atoms with van der Waals surface area (Å²) in [6.07, 6.45) is 4.18. The van der Waals surface area contributed by atoms with Crippen LogP contribution in [0, 0.1) is 11.7 Å². The molecule has 9 heteroatoms. The molecule has 0 radical (unpaired) electrons. The van der Waals surface area contributed by atoms with E-state index in [1.807, 2.05) is 7.05 Å². The number of piperidine rings is 1. The molecule has 2 aromatic rings. The van der Waals surface area contributed by atoms with Gasteiger partial charge in [0.2, 0.25) is 5.91 Å². The van der Waals surface area contributed by atoms with Crippen molar-refractivity contribution in [3.05, 3.63) is 52.6 Å². The Morgan fingerprint density at radius 2 is 1.91 bits per heavy atom. The number of nitrogens with zero attached hydrogens (tertiary/aromatic N) is 4. The number of hydrogen-bond acceptors (Lipinski definition) is 4. The lowest BCUT2D eigenvalue weighted by atomic mass is 9.96. The second-order valence-corrected chi connectivity index (χ2v) is 9.26. The Kier molecular flexibility index (Phi) is 5.64. The van der Waals surface area contributed by atoms with Gasteiger partial charge in [0.15, 0.2) is 5.69 Å². The van der Waals surface area contributed by atoms with Gasteiger partial charge in [0.05, 0.1) is 12.5 Å². The van der Waals surface area contributed by atoms with E-state index in [1.54, 1.807) is 20.5 Å². The van der Waals surface area contributed by atoms with Gasteiger partial charge in [-0.25, -0.2) is 4.39 Å². The molecular formula is C24H28FN5O3. The molecular weight excluding hydrogens is 425 g/mol. The van der Waals surface area contributed by atoms with Gasteiger partial charge < -0.3 is 15.1 Å². The Labute approximate surface area is 191 Å². The summed E-state index contributed by atoms with van der Waals surface area (Å²) in [5.41, 5.74) is 2.30. The van der Waals surface area contributed by atoms with Gasteiger partial charge in [-0.3, -0.25) is 19.1 Å². The van der Waals surface area contributed by atoms with Crippen LogP contribution in [0.4, 0.5) is 4.39 Å². The maximum absolute atomic E-state index is 13.6. The number of carbonyl (C=O) groups excluding carboxylic acids is 3. The molecule has 174 valence electrons. The maximum Gasteiger partial charge on any atom is 0.274 e. The van der Waals surface area contributed by atoms with Gasteiger partial charge in [-0.05, 0) is 43.9 Å². The average Bonchev–Trinajstić information content (AvgIpc) is 3.59. The van der Waals surface area contributed by atoms with Crippen molar-refractivity contribution in [3.8, 4) is 0 Å². The molecule has 1 aliphatic carbocycles. The zero-order valence-corrected chi connectivity index (χ0v) is 18.7. The Hall–Kier alpha value is -3.23. The summed E-state index contributed by atoms with van der Waals surface area (Å²) in [6, 6.07) is 5.95. The summed E-state index contributed by atoms with van der Waals surface area (Å²) in [5.74, 6) is -1.09. The van der Waals surface area contributed by atoms with Gasteiger partial charge in [0.25, 0.3) is 11.8 Å². The molecule has 8 nitrogen and oxygen atoms in total. The molecule has 5 rings (SSSR count). The number of rotatable bonds is 4. The fourth-order valence-corrected chi connectivity index (χ4v) is 4.81. The summed E-state index contributed by atoms with van der Waals surface area (Å²) in [6.45, 7) is 1.69. The molecule has 3 aliphatic rings. The van der Waals surface area contributed by atoms with Crippen molar-refractivity contribution in [2.75, 3.05) is 19.6 Å². The van der Waals surface area contributed by atoms with Crippen molar-refractivity contribution in [3.63, 3.8) is 0 Å². The Morgan fingerprint density at radius 1 is 1.09 bits per heavy atom. The fraction of sp³-hybridized carbons (Fsp3) is 0.500. The van der Waals surface area contributed by atoms with Crippen LogP contribution in [-0.2, 0) is 24.8 Å². The molecule has 0 bridgehead atoms. The van der Waals surface area contributed by atoms with E-state index in [-0.39, 0.29) is 35.7 Å². The highest BCUT2D eigenvalue weighted by atomic mass is 19.1. The van der Waals surface area contributed by atoms with E-state index in [2.05, 4.69) is 10.4 Å². The minimum absolute atomic E-state index is 0.0323. The van der Waals surface area contributed by atoms with Gasteiger partial charge in [-0.15, -0.1) is 0 Å². The van der Waals surface area contributed by atoms with Gasteiger partial charge >= 0.3 is 0 Å². The third kappa shape index (κ3) is 4.36. The Balaban J connectivity index is 1.33. The minimum Gasteiger partial charge on any atom is -0.353 e. The number of amides is 3. The van der Waals surface area contributed by atoms with Crippen LogP contribution in [0.5, 0.6) is 0 Å². The molecule has 1 unspecified atom stereocenters. The topological polar surface area (TPSA) is 87.5 Å². The molecule has 1 aromatic heterocycles. The minimum atomic E-state index is -0.457. The molecule has 1 saturated heterocycles. The number of hydrogen-bond donors (Lipinski definition) is 1. The van der Waals surface area contributed by atoms with E-state index in [1.165, 1.54) is 18.2 Å². The van der Waals surface area contributed by atoms with E-state index in [4.69, 9.17) is 0 Å². The van der Waals surface area contributed by atoms with Crippen LogP contribution in [0.15, 0.2) is 24.3 Å². The second-order valence-electron chi connectivity index (χ2n) is 9.26. The molecule has 3 heterocycles. The molecule has 1 aromatic carbocycles. The lowest BCUT2D eigenvalue weighted by Gasteiger charge is -2.32. The smallest absolute Gasteiger partial charge is 0.274 e. The SMILES string of the molecule is Cn1nc(C(=O)N2CCCC(C(=O)NC3CC3)C2)c2c1CCN(C(=O)c1cccc(F)c1)C2. The van der Waals surface area contributed by atoms with Gasteiger partial charge in [-0.1, -0.05) is 6.07 Å². The van der Waals surface area contributed by atoms with Gasteiger partial charge in [0, 0.05) is 56.0 Å². The number of benzene rings is 1. The highest BCUT2D eigenvalue weighted by Crippen LogP contribution is 2.27. The highest BCUT2D eigenvalue weighted by molar-refractivity contribution is 5.96. The molecule has 3 amide bonds. The molecule has 33 heavy (non-hydrogen) atoms. The largest absolute Gasteiger partial charge is 0.353 e. The predicted octanol–water partition coefficient (Wildman–Crippen LogP) is 1.89. The van der Waals surface area contributed by atoms with Crippen LogP contribution in [0.1, 0.15) is 57.8 Å². The third-order valence-corrected chi connectivity index (χ3v) is 6.81. The van der Waals surface area contributed by atoms with Gasteiger partial charge in [0.1, 0.15) is 5.82 Å². The van der Waals surface area contributed by atoms with Crippen molar-refractivity contribution in [2.45, 2.75) is 44.7 Å². The maximum atomic E-state index is 13.6. The van der Waals surface area contributed by atoms with Crippen molar-refractivity contribution in [2.24, 2.45) is 13.0 Å². The first-order valence-electron chi connectivity index (χ1n) is 11.6. The molecule has 1 atom stereocenters. The van der Waals surface area contributed by atoms with Crippen molar-refractivity contribution < 1.29 is 18.8 Å². The first-order chi connectivity index (χ1) is 15.9. The Bertz CT molecular complexity index is 1110. The lowest BCUT2D eigenvalue weighted by molar-refractivity contribution is -0.126. The van der Waals surface area contributed by atoms with E-state index < -0.39 is 5.82 Å². The predicted molar refractivity (Wildman–Crippen MR) is 118 cm³/mol. The molecule has 2 aliphatic heterocycles. The first kappa shape index (κ1) is 21.6. The number of halogens is 1. The molecule has 2 fully saturated rings. The number of aromatic nitrogens is 2. The molecule has 1 N–H and O–H groups in total. The van der Waals surface area contributed by atoms with E-state index in [0.717, 1.165) is 36.9 Å². The van der Waals surface area contributed by atoms with Crippen molar-refractivity contribution in [1.82, 2.24) is 24.9 Å². The normalized spacial score (nSPS) is 20.4. The first-order valence-corrected chi connectivity index (χ1v) is 11.6. The molecule has 0 spiro atoms. The third-order valence-electron chi connectivity index (χ3n) is 6.81. The van der Waals surface area contributed by atoms with Gasteiger partial charge in [-0.2, -0.15) is 5.10 Å². The van der Waals surface area contributed by atoms with E-state index in [9.17, 15) is 18.8 Å². The van der Waals surface area contributed by atoms with Crippen LogP contribution < -0.4 is 5.32 Å². The van der Waals surface area contributed by atoms with E-state index >= 15 is 0 Å². The highest BCUT2D eigenvalue weighted by Gasteiger charge is 2.35. The van der Waals surface area contributed by atoms with Crippen LogP contribution in [0.3, 0.4) is 0 Å². The van der Waals surface area contributed by atoms with Crippen LogP contribution in [0.25, 0.3) is 0 Å². The van der Waals surface area contributed by atoms with Crippen LogP contribution in [0.2, 0.25) is 0 Å². The quantitative estimate of drug-likeness (QED) is 0.766. The standard InChI is InChI=1S/C24H28FN5O3/c1-28-20-9-11-30(23(32)15-4-2-6-17(25)12-15)14-19(20)21(27-28)24(33)29-10-3-5-16(13-29)22(31)26-18-7-8-18/h2,4,6,12,16,18H,3,5,7-11,13-14H2,1H3,(H,26,31). The van der Waals surface area contributed by atoms with Crippen molar-refractivity contribution in [1.29, 1.82) is 0 Å². The zero-order valence-electron chi connectivity index (χ0n) is 18.7. The summed E-state index contributed by atoms with van der Waals surface area (Å²) < 4.78 is 15.3. The summed E-state index contributed by atoms with van der Waals surface area (Å²) >= 11 is 0. The summed E-state index contributed by atoms with van der Waals surface area (Å²) in [5, 5.41) is 7.55. The van der Waals surface area contributed by atoms with E-state index in [0.29, 0.717) is 37.8 Å². The number of fused-ring (bicyclic) bond motifs is 1.